The van der Waals surface area contributed by atoms with Gasteiger partial charge in [0.2, 0.25) is 0 Å². The topological polar surface area (TPSA) is 59.5 Å². The molecule has 3 rings (SSSR count). The first kappa shape index (κ1) is 14.9. The number of carbonyl (C=O) groups is 1. The lowest BCUT2D eigenvalue weighted by Gasteiger charge is -2.14. The summed E-state index contributed by atoms with van der Waals surface area (Å²) >= 11 is 0. The third-order valence-electron chi connectivity index (χ3n) is 4.37. The van der Waals surface area contributed by atoms with Gasteiger partial charge in [0.1, 0.15) is 5.76 Å². The number of benzene rings is 1. The maximum absolute atomic E-state index is 12.4. The fraction of sp³-hybridized carbons (Fsp3) is 0.389. The third-order valence-corrected chi connectivity index (χ3v) is 4.37. The number of rotatable bonds is 4. The van der Waals surface area contributed by atoms with Crippen LogP contribution < -0.4 is 5.73 Å². The highest BCUT2D eigenvalue weighted by atomic mass is 16.4. The zero-order valence-corrected chi connectivity index (χ0v) is 12.9. The first-order valence-corrected chi connectivity index (χ1v) is 7.89. The fourth-order valence-corrected chi connectivity index (χ4v) is 2.88. The summed E-state index contributed by atoms with van der Waals surface area (Å²) in [5, 5.41) is 0. The van der Waals surface area contributed by atoms with Crippen molar-refractivity contribution in [2.24, 2.45) is 11.7 Å². The predicted molar refractivity (Wildman–Crippen MR) is 86.6 cm³/mol. The number of furan rings is 1. The summed E-state index contributed by atoms with van der Waals surface area (Å²) in [6.07, 6.45) is 1.99. The monoisotopic (exact) mass is 298 g/mol. The molecular formula is C18H22N2O2. The average Bonchev–Trinajstić information content (AvgIpc) is 3.23. The summed E-state index contributed by atoms with van der Waals surface area (Å²) in [5.41, 5.74) is 7.96. The van der Waals surface area contributed by atoms with Crippen LogP contribution in [-0.2, 0) is 6.42 Å². The first-order valence-electron chi connectivity index (χ1n) is 7.89. The Labute approximate surface area is 130 Å². The molecule has 1 unspecified atom stereocenters. The molecule has 0 saturated carbocycles. The van der Waals surface area contributed by atoms with Gasteiger partial charge in [0.25, 0.3) is 5.91 Å². The molecule has 1 saturated heterocycles. The molecule has 22 heavy (non-hydrogen) atoms. The van der Waals surface area contributed by atoms with Crippen molar-refractivity contribution in [1.82, 2.24) is 4.90 Å². The van der Waals surface area contributed by atoms with Crippen LogP contribution in [0.5, 0.6) is 0 Å². The van der Waals surface area contributed by atoms with Crippen molar-refractivity contribution in [3.05, 3.63) is 47.7 Å². The molecule has 1 aliphatic rings. The Balaban J connectivity index is 1.74. The summed E-state index contributed by atoms with van der Waals surface area (Å²) in [4.78, 5) is 14.3. The molecular weight excluding hydrogens is 276 g/mol. The van der Waals surface area contributed by atoms with E-state index in [1.165, 1.54) is 5.56 Å². The molecule has 0 spiro atoms. The van der Waals surface area contributed by atoms with E-state index < -0.39 is 0 Å². The summed E-state index contributed by atoms with van der Waals surface area (Å²) in [5.74, 6) is 1.53. The molecule has 1 aromatic heterocycles. The van der Waals surface area contributed by atoms with E-state index in [0.29, 0.717) is 18.2 Å². The number of amides is 1. The minimum absolute atomic E-state index is 0.0348. The van der Waals surface area contributed by atoms with Crippen LogP contribution >= 0.6 is 0 Å². The molecule has 1 fully saturated rings. The molecule has 1 aromatic carbocycles. The largest absolute Gasteiger partial charge is 0.451 e. The van der Waals surface area contributed by atoms with Crippen molar-refractivity contribution in [2.75, 3.05) is 19.6 Å². The van der Waals surface area contributed by atoms with E-state index in [1.54, 1.807) is 6.07 Å². The molecule has 0 aliphatic carbocycles. The van der Waals surface area contributed by atoms with E-state index >= 15 is 0 Å². The second-order valence-electron chi connectivity index (χ2n) is 5.86. The lowest BCUT2D eigenvalue weighted by atomic mass is 10.1. The fourth-order valence-electron chi connectivity index (χ4n) is 2.88. The number of nitrogens with zero attached hydrogens (tertiary/aromatic N) is 1. The standard InChI is InChI=1S/C18H22N2O2/c1-2-13-3-5-15(6-4-13)16-7-8-17(22-16)18(21)20-10-9-14(11-19)12-20/h3-8,14H,2,9-12,19H2,1H3. The Morgan fingerprint density at radius 1 is 1.27 bits per heavy atom. The second-order valence-corrected chi connectivity index (χ2v) is 5.86. The van der Waals surface area contributed by atoms with Crippen molar-refractivity contribution < 1.29 is 9.21 Å². The van der Waals surface area contributed by atoms with E-state index in [4.69, 9.17) is 10.2 Å². The van der Waals surface area contributed by atoms with Crippen molar-refractivity contribution in [3.63, 3.8) is 0 Å². The Kier molecular flexibility index (Phi) is 4.29. The number of likely N-dealkylation sites (tertiary alicyclic amines) is 1. The predicted octanol–water partition coefficient (Wildman–Crippen LogP) is 2.93. The van der Waals surface area contributed by atoms with Crippen LogP contribution in [-0.4, -0.2) is 30.4 Å². The van der Waals surface area contributed by atoms with Gasteiger partial charge in [0.05, 0.1) is 0 Å². The van der Waals surface area contributed by atoms with Crippen molar-refractivity contribution in [3.8, 4) is 11.3 Å². The van der Waals surface area contributed by atoms with E-state index in [2.05, 4.69) is 19.1 Å². The molecule has 0 bridgehead atoms. The van der Waals surface area contributed by atoms with Crippen LogP contribution in [0.3, 0.4) is 0 Å². The van der Waals surface area contributed by atoms with Gasteiger partial charge in [0.15, 0.2) is 5.76 Å². The number of nitrogens with two attached hydrogens (primary N) is 1. The van der Waals surface area contributed by atoms with Crippen LogP contribution in [0.1, 0.15) is 29.5 Å². The highest BCUT2D eigenvalue weighted by Crippen LogP contribution is 2.25. The SMILES string of the molecule is CCc1ccc(-c2ccc(C(=O)N3CCC(CN)C3)o2)cc1. The van der Waals surface area contributed by atoms with Gasteiger partial charge in [-0.2, -0.15) is 0 Å². The van der Waals surface area contributed by atoms with Gasteiger partial charge in [-0.3, -0.25) is 4.79 Å². The number of hydrogen-bond donors (Lipinski definition) is 1. The maximum atomic E-state index is 12.4. The summed E-state index contributed by atoms with van der Waals surface area (Å²) in [7, 11) is 0. The van der Waals surface area contributed by atoms with Crippen LogP contribution in [0.15, 0.2) is 40.8 Å². The highest BCUT2D eigenvalue weighted by molar-refractivity contribution is 5.92. The lowest BCUT2D eigenvalue weighted by Crippen LogP contribution is -2.29. The molecule has 1 atom stereocenters. The van der Waals surface area contributed by atoms with Crippen LogP contribution in [0.25, 0.3) is 11.3 Å². The molecule has 116 valence electrons. The molecule has 2 N–H and O–H groups in total. The van der Waals surface area contributed by atoms with E-state index in [1.807, 2.05) is 23.1 Å². The number of aryl methyl sites for hydroxylation is 1. The minimum atomic E-state index is -0.0348. The maximum Gasteiger partial charge on any atom is 0.289 e. The summed E-state index contributed by atoms with van der Waals surface area (Å²) in [6.45, 7) is 4.26. The van der Waals surface area contributed by atoms with E-state index in [9.17, 15) is 4.79 Å². The zero-order chi connectivity index (χ0) is 15.5. The summed E-state index contributed by atoms with van der Waals surface area (Å²) in [6, 6.07) is 11.9. The number of hydrogen-bond acceptors (Lipinski definition) is 3. The molecule has 2 heterocycles. The van der Waals surface area contributed by atoms with Crippen LogP contribution in [0.4, 0.5) is 0 Å². The van der Waals surface area contributed by atoms with Gasteiger partial charge in [-0.1, -0.05) is 31.2 Å². The Hall–Kier alpha value is -2.07. The minimum Gasteiger partial charge on any atom is -0.451 e. The van der Waals surface area contributed by atoms with Crippen molar-refractivity contribution in [1.29, 1.82) is 0 Å². The van der Waals surface area contributed by atoms with Crippen LogP contribution in [0, 0.1) is 5.92 Å². The van der Waals surface area contributed by atoms with Crippen molar-refractivity contribution in [2.45, 2.75) is 19.8 Å². The van der Waals surface area contributed by atoms with Gasteiger partial charge in [-0.15, -0.1) is 0 Å². The third kappa shape index (κ3) is 2.92. The van der Waals surface area contributed by atoms with Crippen LogP contribution in [0.2, 0.25) is 0 Å². The lowest BCUT2D eigenvalue weighted by molar-refractivity contribution is 0.0757. The van der Waals surface area contributed by atoms with Gasteiger partial charge in [-0.05, 0) is 43.0 Å². The summed E-state index contributed by atoms with van der Waals surface area (Å²) < 4.78 is 5.76. The molecule has 2 aromatic rings. The normalized spacial score (nSPS) is 17.9. The molecule has 1 aliphatic heterocycles. The Bertz CT molecular complexity index is 645. The second kappa shape index (κ2) is 6.36. The average molecular weight is 298 g/mol. The molecule has 4 nitrogen and oxygen atoms in total. The smallest absolute Gasteiger partial charge is 0.289 e. The van der Waals surface area contributed by atoms with Gasteiger partial charge in [0, 0.05) is 18.7 Å². The zero-order valence-electron chi connectivity index (χ0n) is 12.9. The van der Waals surface area contributed by atoms with E-state index in [0.717, 1.165) is 37.3 Å². The van der Waals surface area contributed by atoms with Gasteiger partial charge in [-0.25, -0.2) is 0 Å². The van der Waals surface area contributed by atoms with Crippen molar-refractivity contribution >= 4 is 5.91 Å². The molecule has 1 amide bonds. The molecule has 0 radical (unpaired) electrons. The quantitative estimate of drug-likeness (QED) is 0.944. The Morgan fingerprint density at radius 2 is 2.05 bits per heavy atom. The molecule has 4 heteroatoms. The Morgan fingerprint density at radius 3 is 2.68 bits per heavy atom. The number of carbonyl (C=O) groups excluding carboxylic acids is 1. The van der Waals surface area contributed by atoms with Gasteiger partial charge < -0.3 is 15.1 Å². The first-order chi connectivity index (χ1) is 10.7. The van der Waals surface area contributed by atoms with E-state index in [-0.39, 0.29) is 5.91 Å². The van der Waals surface area contributed by atoms with Gasteiger partial charge >= 0.3 is 0 Å². The highest BCUT2D eigenvalue weighted by Gasteiger charge is 2.27.